The lowest BCUT2D eigenvalue weighted by atomic mass is 10.0. The van der Waals surface area contributed by atoms with Crippen LogP contribution >= 0.6 is 15.9 Å². The van der Waals surface area contributed by atoms with Crippen LogP contribution in [0.15, 0.2) is 28.7 Å². The molecule has 0 N–H and O–H groups in total. The average Bonchev–Trinajstić information content (AvgIpc) is 2.49. The fraction of sp³-hybridized carbons (Fsp3) is 0.533. The highest BCUT2D eigenvalue weighted by atomic mass is 79.9. The quantitative estimate of drug-likeness (QED) is 0.772. The van der Waals surface area contributed by atoms with Gasteiger partial charge in [-0.3, -0.25) is 9.69 Å². The van der Waals surface area contributed by atoms with Crippen LogP contribution in [0.1, 0.15) is 19.3 Å². The monoisotopic (exact) mass is 341 g/mol. The molecule has 1 aliphatic rings. The number of rotatable bonds is 5. The molecule has 0 unspecified atom stereocenters. The molecule has 5 heteroatoms. The van der Waals surface area contributed by atoms with E-state index in [0.717, 1.165) is 42.6 Å². The van der Waals surface area contributed by atoms with Gasteiger partial charge in [-0.05, 0) is 43.7 Å². The van der Waals surface area contributed by atoms with Gasteiger partial charge in [0, 0.05) is 11.0 Å². The number of nitrogens with zero attached hydrogens (tertiary/aromatic N) is 1. The molecule has 2 rings (SSSR count). The summed E-state index contributed by atoms with van der Waals surface area (Å²) in [5.74, 6) is 0.716. The number of ether oxygens (including phenoxy) is 2. The van der Waals surface area contributed by atoms with E-state index < -0.39 is 0 Å². The summed E-state index contributed by atoms with van der Waals surface area (Å²) in [6, 6.07) is 7.65. The summed E-state index contributed by atoms with van der Waals surface area (Å²) in [6.45, 7) is 2.26. The van der Waals surface area contributed by atoms with E-state index >= 15 is 0 Å². The smallest absolute Gasteiger partial charge is 0.323 e. The number of piperidine rings is 1. The highest BCUT2D eigenvalue weighted by Crippen LogP contribution is 2.19. The number of hydrogen-bond acceptors (Lipinski definition) is 4. The van der Waals surface area contributed by atoms with Crippen molar-refractivity contribution >= 4 is 21.9 Å². The molecule has 0 spiro atoms. The number of benzene rings is 1. The van der Waals surface area contributed by atoms with Crippen LogP contribution < -0.4 is 4.74 Å². The first-order chi connectivity index (χ1) is 9.70. The van der Waals surface area contributed by atoms with Crippen molar-refractivity contribution in [2.75, 3.05) is 26.8 Å². The molecule has 0 saturated carbocycles. The summed E-state index contributed by atoms with van der Waals surface area (Å²) in [7, 11) is 1.45. The molecule has 1 saturated heterocycles. The van der Waals surface area contributed by atoms with Gasteiger partial charge in [0.1, 0.15) is 18.4 Å². The Morgan fingerprint density at radius 1 is 1.35 bits per heavy atom. The molecule has 1 heterocycles. The SMILES string of the molecule is COC(=O)[C@H]1CCCCN1CCOc1ccc(Br)cc1. The zero-order valence-corrected chi connectivity index (χ0v) is 13.3. The topological polar surface area (TPSA) is 38.8 Å². The summed E-state index contributed by atoms with van der Waals surface area (Å²) in [4.78, 5) is 13.9. The maximum atomic E-state index is 11.7. The van der Waals surface area contributed by atoms with Crippen molar-refractivity contribution in [2.45, 2.75) is 25.3 Å². The molecular weight excluding hydrogens is 322 g/mol. The fourth-order valence-corrected chi connectivity index (χ4v) is 2.74. The van der Waals surface area contributed by atoms with Crippen LogP contribution in [-0.2, 0) is 9.53 Å². The predicted molar refractivity (Wildman–Crippen MR) is 80.9 cm³/mol. The lowest BCUT2D eigenvalue weighted by Gasteiger charge is -2.33. The van der Waals surface area contributed by atoms with Crippen LogP contribution in [0, 0.1) is 0 Å². The second-order valence-corrected chi connectivity index (χ2v) is 5.79. The second kappa shape index (κ2) is 7.64. The highest BCUT2D eigenvalue weighted by molar-refractivity contribution is 9.10. The molecule has 1 atom stereocenters. The molecule has 0 aromatic heterocycles. The van der Waals surface area contributed by atoms with Gasteiger partial charge < -0.3 is 9.47 Å². The third kappa shape index (κ3) is 4.21. The van der Waals surface area contributed by atoms with Crippen molar-refractivity contribution in [2.24, 2.45) is 0 Å². The first kappa shape index (κ1) is 15.3. The van der Waals surface area contributed by atoms with E-state index in [4.69, 9.17) is 9.47 Å². The fourth-order valence-electron chi connectivity index (χ4n) is 2.47. The van der Waals surface area contributed by atoms with Crippen LogP contribution in [0.25, 0.3) is 0 Å². The van der Waals surface area contributed by atoms with Gasteiger partial charge in [-0.25, -0.2) is 0 Å². The third-order valence-corrected chi connectivity index (χ3v) is 4.08. The van der Waals surface area contributed by atoms with E-state index in [9.17, 15) is 4.79 Å². The van der Waals surface area contributed by atoms with Crippen molar-refractivity contribution in [3.63, 3.8) is 0 Å². The van der Waals surface area contributed by atoms with Crippen molar-refractivity contribution in [3.8, 4) is 5.75 Å². The highest BCUT2D eigenvalue weighted by Gasteiger charge is 2.28. The summed E-state index contributed by atoms with van der Waals surface area (Å²) < 4.78 is 11.6. The van der Waals surface area contributed by atoms with Crippen LogP contribution in [-0.4, -0.2) is 43.7 Å². The Morgan fingerprint density at radius 3 is 2.80 bits per heavy atom. The van der Waals surface area contributed by atoms with Crippen molar-refractivity contribution in [3.05, 3.63) is 28.7 Å². The summed E-state index contributed by atoms with van der Waals surface area (Å²) in [6.07, 6.45) is 3.10. The molecule has 1 fully saturated rings. The Balaban J connectivity index is 1.82. The molecule has 0 amide bonds. The first-order valence-corrected chi connectivity index (χ1v) is 7.70. The summed E-state index contributed by atoms with van der Waals surface area (Å²) in [5, 5.41) is 0. The zero-order chi connectivity index (χ0) is 14.4. The predicted octanol–water partition coefficient (Wildman–Crippen LogP) is 2.86. The Kier molecular flexibility index (Phi) is 5.86. The van der Waals surface area contributed by atoms with E-state index in [0.29, 0.717) is 6.61 Å². The number of likely N-dealkylation sites (tertiary alicyclic amines) is 1. The largest absolute Gasteiger partial charge is 0.492 e. The average molecular weight is 342 g/mol. The van der Waals surface area contributed by atoms with Gasteiger partial charge in [0.25, 0.3) is 0 Å². The number of halogens is 1. The summed E-state index contributed by atoms with van der Waals surface area (Å²) >= 11 is 3.39. The molecular formula is C15H20BrNO3. The minimum absolute atomic E-state index is 0.109. The number of esters is 1. The van der Waals surface area contributed by atoms with Gasteiger partial charge in [-0.15, -0.1) is 0 Å². The molecule has 1 aromatic rings. The normalized spacial score (nSPS) is 19.6. The minimum Gasteiger partial charge on any atom is -0.492 e. The molecule has 0 bridgehead atoms. The van der Waals surface area contributed by atoms with Gasteiger partial charge >= 0.3 is 5.97 Å². The van der Waals surface area contributed by atoms with Crippen LogP contribution in [0.5, 0.6) is 5.75 Å². The molecule has 4 nitrogen and oxygen atoms in total. The molecule has 1 aliphatic heterocycles. The maximum Gasteiger partial charge on any atom is 0.323 e. The Labute approximate surface area is 128 Å². The van der Waals surface area contributed by atoms with Crippen molar-refractivity contribution in [1.29, 1.82) is 0 Å². The molecule has 0 radical (unpaired) electrons. The minimum atomic E-state index is -0.131. The van der Waals surface area contributed by atoms with E-state index in [1.807, 2.05) is 24.3 Å². The van der Waals surface area contributed by atoms with Crippen molar-refractivity contribution < 1.29 is 14.3 Å². The van der Waals surface area contributed by atoms with Gasteiger partial charge in [0.05, 0.1) is 7.11 Å². The van der Waals surface area contributed by atoms with Gasteiger partial charge in [-0.1, -0.05) is 22.4 Å². The van der Waals surface area contributed by atoms with E-state index in [2.05, 4.69) is 20.8 Å². The van der Waals surface area contributed by atoms with Crippen LogP contribution in [0.3, 0.4) is 0 Å². The van der Waals surface area contributed by atoms with E-state index in [1.54, 1.807) is 0 Å². The molecule has 0 aliphatic carbocycles. The number of methoxy groups -OCH3 is 1. The van der Waals surface area contributed by atoms with E-state index in [-0.39, 0.29) is 12.0 Å². The Hall–Kier alpha value is -1.07. The second-order valence-electron chi connectivity index (χ2n) is 4.87. The lowest BCUT2D eigenvalue weighted by Crippen LogP contribution is -2.46. The van der Waals surface area contributed by atoms with Crippen LogP contribution in [0.2, 0.25) is 0 Å². The zero-order valence-electron chi connectivity index (χ0n) is 11.7. The van der Waals surface area contributed by atoms with Crippen molar-refractivity contribution in [1.82, 2.24) is 4.90 Å². The number of hydrogen-bond donors (Lipinski definition) is 0. The van der Waals surface area contributed by atoms with Gasteiger partial charge in [-0.2, -0.15) is 0 Å². The standard InChI is InChI=1S/C15H20BrNO3/c1-19-15(18)14-4-2-3-9-17(14)10-11-20-13-7-5-12(16)6-8-13/h5-8,14H,2-4,9-11H2,1H3/t14-/m1/s1. The number of carbonyl (C=O) groups excluding carboxylic acids is 1. The maximum absolute atomic E-state index is 11.7. The summed E-state index contributed by atoms with van der Waals surface area (Å²) in [5.41, 5.74) is 0. The van der Waals surface area contributed by atoms with Crippen LogP contribution in [0.4, 0.5) is 0 Å². The van der Waals surface area contributed by atoms with Gasteiger partial charge in [0.15, 0.2) is 0 Å². The van der Waals surface area contributed by atoms with Gasteiger partial charge in [0.2, 0.25) is 0 Å². The Bertz CT molecular complexity index is 435. The molecule has 20 heavy (non-hydrogen) atoms. The van der Waals surface area contributed by atoms with E-state index in [1.165, 1.54) is 7.11 Å². The third-order valence-electron chi connectivity index (χ3n) is 3.55. The first-order valence-electron chi connectivity index (χ1n) is 6.91. The molecule has 1 aromatic carbocycles. The Morgan fingerprint density at radius 2 is 2.10 bits per heavy atom. The lowest BCUT2D eigenvalue weighted by molar-refractivity contribution is -0.148. The number of carbonyl (C=O) groups is 1. The molecule has 110 valence electrons.